The highest BCUT2D eigenvalue weighted by molar-refractivity contribution is 6.32. The SMILES string of the molecule is CCC(Oc1ccc(CNCCOC)cc1Cl)C(=O)O. The summed E-state index contributed by atoms with van der Waals surface area (Å²) in [7, 11) is 1.65. The minimum absolute atomic E-state index is 0.381. The number of hydrogen-bond donors (Lipinski definition) is 2. The molecule has 0 saturated carbocycles. The average Bonchev–Trinajstić information content (AvgIpc) is 2.42. The fourth-order valence-electron chi connectivity index (χ4n) is 1.62. The molecule has 1 unspecified atom stereocenters. The zero-order valence-corrected chi connectivity index (χ0v) is 12.4. The summed E-state index contributed by atoms with van der Waals surface area (Å²) in [5.41, 5.74) is 1.00. The van der Waals surface area contributed by atoms with Gasteiger partial charge in [-0.05, 0) is 24.1 Å². The van der Waals surface area contributed by atoms with E-state index in [1.165, 1.54) is 0 Å². The molecule has 1 aromatic rings. The normalized spacial score (nSPS) is 12.2. The van der Waals surface area contributed by atoms with Crippen LogP contribution in [0.2, 0.25) is 5.02 Å². The van der Waals surface area contributed by atoms with Gasteiger partial charge < -0.3 is 19.9 Å². The molecule has 1 aromatic carbocycles. The Morgan fingerprint density at radius 1 is 1.50 bits per heavy atom. The van der Waals surface area contributed by atoms with Crippen molar-refractivity contribution in [2.24, 2.45) is 0 Å². The number of nitrogens with one attached hydrogen (secondary N) is 1. The lowest BCUT2D eigenvalue weighted by atomic mass is 10.2. The van der Waals surface area contributed by atoms with E-state index in [0.717, 1.165) is 12.1 Å². The predicted octanol–water partition coefficient (Wildman–Crippen LogP) is 2.32. The first-order valence-electron chi connectivity index (χ1n) is 6.46. The first kappa shape index (κ1) is 16.8. The Labute approximate surface area is 123 Å². The Balaban J connectivity index is 2.61. The van der Waals surface area contributed by atoms with Gasteiger partial charge in [-0.15, -0.1) is 0 Å². The molecule has 0 saturated heterocycles. The van der Waals surface area contributed by atoms with Crippen molar-refractivity contribution < 1.29 is 19.4 Å². The number of carboxylic acids is 1. The van der Waals surface area contributed by atoms with Gasteiger partial charge in [-0.25, -0.2) is 4.79 Å². The van der Waals surface area contributed by atoms with Crippen molar-refractivity contribution in [3.05, 3.63) is 28.8 Å². The van der Waals surface area contributed by atoms with Crippen molar-refractivity contribution in [1.29, 1.82) is 0 Å². The number of methoxy groups -OCH3 is 1. The number of carboxylic acid groups (broad SMARTS) is 1. The van der Waals surface area contributed by atoms with E-state index in [9.17, 15) is 4.79 Å². The van der Waals surface area contributed by atoms with Crippen LogP contribution in [0.15, 0.2) is 18.2 Å². The minimum atomic E-state index is -0.992. The van der Waals surface area contributed by atoms with Crippen molar-refractivity contribution in [1.82, 2.24) is 5.32 Å². The summed E-state index contributed by atoms with van der Waals surface area (Å²) >= 11 is 6.10. The molecule has 5 nitrogen and oxygen atoms in total. The summed E-state index contributed by atoms with van der Waals surface area (Å²) in [6.07, 6.45) is -0.496. The zero-order valence-electron chi connectivity index (χ0n) is 11.7. The molecule has 0 aliphatic heterocycles. The molecule has 0 bridgehead atoms. The molecule has 20 heavy (non-hydrogen) atoms. The second kappa shape index (κ2) is 8.79. The molecule has 0 radical (unpaired) electrons. The number of carbonyl (C=O) groups is 1. The Morgan fingerprint density at radius 3 is 2.80 bits per heavy atom. The van der Waals surface area contributed by atoms with Gasteiger partial charge in [0.15, 0.2) is 6.10 Å². The minimum Gasteiger partial charge on any atom is -0.479 e. The van der Waals surface area contributed by atoms with Crippen molar-refractivity contribution in [3.63, 3.8) is 0 Å². The molecule has 0 fully saturated rings. The fraction of sp³-hybridized carbons (Fsp3) is 0.500. The van der Waals surface area contributed by atoms with Gasteiger partial charge >= 0.3 is 5.97 Å². The van der Waals surface area contributed by atoms with Gasteiger partial charge in [0.1, 0.15) is 5.75 Å². The van der Waals surface area contributed by atoms with E-state index in [1.54, 1.807) is 26.2 Å². The molecule has 1 atom stereocenters. The Kier molecular flexibility index (Phi) is 7.36. The summed E-state index contributed by atoms with van der Waals surface area (Å²) in [5, 5.41) is 12.6. The van der Waals surface area contributed by atoms with Crippen molar-refractivity contribution in [3.8, 4) is 5.75 Å². The topological polar surface area (TPSA) is 67.8 Å². The summed E-state index contributed by atoms with van der Waals surface area (Å²) in [4.78, 5) is 10.9. The third-order valence-electron chi connectivity index (χ3n) is 2.72. The van der Waals surface area contributed by atoms with Crippen molar-refractivity contribution in [2.45, 2.75) is 26.0 Å². The van der Waals surface area contributed by atoms with Gasteiger partial charge in [0.25, 0.3) is 0 Å². The average molecular weight is 302 g/mol. The first-order chi connectivity index (χ1) is 9.58. The maximum Gasteiger partial charge on any atom is 0.344 e. The number of benzene rings is 1. The maximum atomic E-state index is 10.9. The third-order valence-corrected chi connectivity index (χ3v) is 3.02. The van der Waals surface area contributed by atoms with Crippen LogP contribution in [0.4, 0.5) is 0 Å². The number of halogens is 1. The molecule has 0 heterocycles. The Hall–Kier alpha value is -1.30. The first-order valence-corrected chi connectivity index (χ1v) is 6.83. The summed E-state index contributed by atoms with van der Waals surface area (Å²) in [6.45, 7) is 3.81. The highest BCUT2D eigenvalue weighted by Crippen LogP contribution is 2.27. The van der Waals surface area contributed by atoms with E-state index in [0.29, 0.717) is 30.3 Å². The van der Waals surface area contributed by atoms with Gasteiger partial charge in [-0.3, -0.25) is 0 Å². The van der Waals surface area contributed by atoms with E-state index >= 15 is 0 Å². The third kappa shape index (κ3) is 5.36. The van der Waals surface area contributed by atoms with Gasteiger partial charge in [-0.2, -0.15) is 0 Å². The summed E-state index contributed by atoms with van der Waals surface area (Å²) < 4.78 is 10.3. The molecule has 0 aliphatic carbocycles. The van der Waals surface area contributed by atoms with Crippen LogP contribution >= 0.6 is 11.6 Å². The summed E-state index contributed by atoms with van der Waals surface area (Å²) in [5.74, 6) is -0.601. The second-order valence-electron chi connectivity index (χ2n) is 4.29. The molecule has 0 spiro atoms. The number of rotatable bonds is 9. The van der Waals surface area contributed by atoms with E-state index in [1.807, 2.05) is 6.07 Å². The van der Waals surface area contributed by atoms with Crippen LogP contribution in [0.3, 0.4) is 0 Å². The lowest BCUT2D eigenvalue weighted by Crippen LogP contribution is -2.26. The largest absolute Gasteiger partial charge is 0.479 e. The van der Waals surface area contributed by atoms with Crippen LogP contribution in [0, 0.1) is 0 Å². The number of ether oxygens (including phenoxy) is 2. The molecule has 6 heteroatoms. The van der Waals surface area contributed by atoms with Gasteiger partial charge in [0.05, 0.1) is 11.6 Å². The van der Waals surface area contributed by atoms with Gasteiger partial charge in [0.2, 0.25) is 0 Å². The van der Waals surface area contributed by atoms with Crippen LogP contribution in [-0.4, -0.2) is 37.4 Å². The van der Waals surface area contributed by atoms with Crippen LogP contribution in [-0.2, 0) is 16.1 Å². The van der Waals surface area contributed by atoms with Crippen molar-refractivity contribution >= 4 is 17.6 Å². The lowest BCUT2D eigenvalue weighted by molar-refractivity contribution is -0.145. The molecule has 112 valence electrons. The van der Waals surface area contributed by atoms with Crippen LogP contribution < -0.4 is 10.1 Å². The quantitative estimate of drug-likeness (QED) is 0.685. The standard InChI is InChI=1S/C14H20ClNO4/c1-3-12(14(17)18)20-13-5-4-10(8-11(13)15)9-16-6-7-19-2/h4-5,8,12,16H,3,6-7,9H2,1-2H3,(H,17,18). The molecule has 1 rings (SSSR count). The molecule has 0 aromatic heterocycles. The molecule has 2 N–H and O–H groups in total. The molecule has 0 aliphatic rings. The second-order valence-corrected chi connectivity index (χ2v) is 4.69. The predicted molar refractivity (Wildman–Crippen MR) is 77.4 cm³/mol. The highest BCUT2D eigenvalue weighted by Gasteiger charge is 2.18. The van der Waals surface area contributed by atoms with Crippen LogP contribution in [0.25, 0.3) is 0 Å². The molecular formula is C14H20ClNO4. The summed E-state index contributed by atoms with van der Waals surface area (Å²) in [6, 6.07) is 5.32. The van der Waals surface area contributed by atoms with E-state index in [4.69, 9.17) is 26.2 Å². The van der Waals surface area contributed by atoms with E-state index < -0.39 is 12.1 Å². The number of hydrogen-bond acceptors (Lipinski definition) is 4. The lowest BCUT2D eigenvalue weighted by Gasteiger charge is -2.15. The van der Waals surface area contributed by atoms with Crippen LogP contribution in [0.5, 0.6) is 5.75 Å². The van der Waals surface area contributed by atoms with Gasteiger partial charge in [-0.1, -0.05) is 24.6 Å². The van der Waals surface area contributed by atoms with E-state index in [2.05, 4.69) is 5.32 Å². The fourth-order valence-corrected chi connectivity index (χ4v) is 1.87. The van der Waals surface area contributed by atoms with E-state index in [-0.39, 0.29) is 0 Å². The smallest absolute Gasteiger partial charge is 0.344 e. The van der Waals surface area contributed by atoms with Crippen molar-refractivity contribution in [2.75, 3.05) is 20.3 Å². The van der Waals surface area contributed by atoms with Gasteiger partial charge in [0, 0.05) is 20.2 Å². The molecule has 0 amide bonds. The Bertz CT molecular complexity index is 439. The van der Waals surface area contributed by atoms with Crippen LogP contribution in [0.1, 0.15) is 18.9 Å². The maximum absolute atomic E-state index is 10.9. The zero-order chi connectivity index (χ0) is 15.0. The number of aliphatic carboxylic acids is 1. The highest BCUT2D eigenvalue weighted by atomic mass is 35.5. The monoisotopic (exact) mass is 301 g/mol. The Morgan fingerprint density at radius 2 is 2.25 bits per heavy atom. The molecular weight excluding hydrogens is 282 g/mol.